The zero-order valence-corrected chi connectivity index (χ0v) is 17.1. The van der Waals surface area contributed by atoms with Gasteiger partial charge in [-0.1, -0.05) is 16.0 Å². The second-order valence-electron chi connectivity index (χ2n) is 6.64. The Balaban J connectivity index is 1.47. The van der Waals surface area contributed by atoms with Crippen LogP contribution in [0.1, 0.15) is 36.5 Å². The minimum absolute atomic E-state index is 0.0311. The normalized spacial score (nSPS) is 17.9. The van der Waals surface area contributed by atoms with Gasteiger partial charge in [0.2, 0.25) is 10.0 Å². The Morgan fingerprint density at radius 1 is 1.21 bits per heavy atom. The highest BCUT2D eigenvalue weighted by Gasteiger charge is 2.31. The van der Waals surface area contributed by atoms with Crippen LogP contribution >= 0.6 is 11.5 Å². The summed E-state index contributed by atoms with van der Waals surface area (Å²) in [6, 6.07) is 5.67. The Bertz CT molecular complexity index is 1100. The van der Waals surface area contributed by atoms with Gasteiger partial charge in [-0.25, -0.2) is 8.42 Å². The summed E-state index contributed by atoms with van der Waals surface area (Å²) >= 11 is 1.14. The molecule has 1 saturated heterocycles. The standard InChI is InChI=1S/C17H18N6O4S2/c1-11-4-2-3-9-23(11)29(25,26)13-7-5-12(6-8-13)15(24)18-17-21-20-16(27-17)14-10-28-22-19-14/h5-8,10-11H,2-4,9H2,1H3,(H,18,21,24). The Labute approximate surface area is 171 Å². The van der Waals surface area contributed by atoms with E-state index in [1.165, 1.54) is 28.6 Å². The topological polar surface area (TPSA) is 131 Å². The van der Waals surface area contributed by atoms with Gasteiger partial charge in [-0.2, -0.15) is 4.31 Å². The first-order valence-electron chi connectivity index (χ1n) is 8.99. The van der Waals surface area contributed by atoms with Crippen LogP contribution in [-0.4, -0.2) is 51.0 Å². The summed E-state index contributed by atoms with van der Waals surface area (Å²) < 4.78 is 36.3. The van der Waals surface area contributed by atoms with Crippen LogP contribution in [0, 0.1) is 0 Å². The molecule has 1 amide bonds. The van der Waals surface area contributed by atoms with Crippen LogP contribution in [0.25, 0.3) is 11.6 Å². The highest BCUT2D eigenvalue weighted by atomic mass is 32.2. The molecule has 1 unspecified atom stereocenters. The van der Waals surface area contributed by atoms with E-state index in [2.05, 4.69) is 25.1 Å². The molecule has 152 valence electrons. The highest BCUT2D eigenvalue weighted by Crippen LogP contribution is 2.25. The molecule has 12 heteroatoms. The van der Waals surface area contributed by atoms with Crippen molar-refractivity contribution in [3.63, 3.8) is 0 Å². The molecule has 10 nitrogen and oxygen atoms in total. The number of hydrogen-bond donors (Lipinski definition) is 1. The smallest absolute Gasteiger partial charge is 0.322 e. The number of sulfonamides is 1. The van der Waals surface area contributed by atoms with Crippen molar-refractivity contribution in [1.82, 2.24) is 24.1 Å². The number of nitrogens with zero attached hydrogens (tertiary/aromatic N) is 5. The van der Waals surface area contributed by atoms with Gasteiger partial charge in [0, 0.05) is 23.5 Å². The van der Waals surface area contributed by atoms with Crippen LogP contribution in [0.4, 0.5) is 6.01 Å². The quantitative estimate of drug-likeness (QED) is 0.648. The first-order chi connectivity index (χ1) is 13.9. The molecular weight excluding hydrogens is 416 g/mol. The maximum atomic E-state index is 12.9. The summed E-state index contributed by atoms with van der Waals surface area (Å²) in [5.74, 6) is -0.349. The molecule has 3 heterocycles. The van der Waals surface area contributed by atoms with Crippen molar-refractivity contribution in [3.8, 4) is 11.6 Å². The van der Waals surface area contributed by atoms with Crippen LogP contribution in [-0.2, 0) is 10.0 Å². The molecule has 1 aromatic carbocycles. The molecule has 1 N–H and O–H groups in total. The number of nitrogens with one attached hydrogen (secondary N) is 1. The first kappa shape index (κ1) is 19.6. The van der Waals surface area contributed by atoms with Gasteiger partial charge < -0.3 is 4.42 Å². The van der Waals surface area contributed by atoms with Gasteiger partial charge >= 0.3 is 6.01 Å². The average Bonchev–Trinajstić information content (AvgIpc) is 3.40. The average molecular weight is 435 g/mol. The molecule has 0 aliphatic carbocycles. The molecule has 0 saturated carbocycles. The van der Waals surface area contributed by atoms with Gasteiger partial charge in [0.15, 0.2) is 5.69 Å². The molecule has 0 radical (unpaired) electrons. The number of rotatable bonds is 5. The Hall–Kier alpha value is -2.70. The predicted molar refractivity (Wildman–Crippen MR) is 105 cm³/mol. The fourth-order valence-corrected chi connectivity index (χ4v) is 5.28. The third-order valence-corrected chi connectivity index (χ3v) is 7.22. The SMILES string of the molecule is CC1CCCCN1S(=O)(=O)c1ccc(C(=O)Nc2nnc(-c3csnn3)o2)cc1. The van der Waals surface area contributed by atoms with Crippen molar-refractivity contribution >= 4 is 33.5 Å². The maximum absolute atomic E-state index is 12.9. The molecular formula is C17H18N6O4S2. The summed E-state index contributed by atoms with van der Waals surface area (Å²) in [5, 5.41) is 15.5. The van der Waals surface area contributed by atoms with Crippen molar-refractivity contribution in [2.75, 3.05) is 11.9 Å². The largest absolute Gasteiger partial charge is 0.401 e. The van der Waals surface area contributed by atoms with E-state index in [-0.39, 0.29) is 28.4 Å². The molecule has 3 aromatic rings. The number of hydrogen-bond acceptors (Lipinski definition) is 9. The molecule has 2 aromatic heterocycles. The van der Waals surface area contributed by atoms with Crippen molar-refractivity contribution < 1.29 is 17.6 Å². The lowest BCUT2D eigenvalue weighted by Crippen LogP contribution is -2.41. The predicted octanol–water partition coefficient (Wildman–Crippen LogP) is 2.40. The van der Waals surface area contributed by atoms with Gasteiger partial charge in [-0.3, -0.25) is 10.1 Å². The fourth-order valence-electron chi connectivity index (χ4n) is 3.15. The van der Waals surface area contributed by atoms with Crippen molar-refractivity contribution in [3.05, 3.63) is 35.2 Å². The maximum Gasteiger partial charge on any atom is 0.322 e. The van der Waals surface area contributed by atoms with Crippen LogP contribution in [0.3, 0.4) is 0 Å². The minimum Gasteiger partial charge on any atom is -0.401 e. The van der Waals surface area contributed by atoms with Gasteiger partial charge in [0.1, 0.15) is 0 Å². The fraction of sp³-hybridized carbons (Fsp3) is 0.353. The van der Waals surface area contributed by atoms with E-state index >= 15 is 0 Å². The molecule has 1 atom stereocenters. The third kappa shape index (κ3) is 4.04. The molecule has 1 aliphatic rings. The number of aromatic nitrogens is 4. The number of amides is 1. The number of piperidine rings is 1. The second kappa shape index (κ2) is 7.97. The number of carbonyl (C=O) groups excluding carboxylic acids is 1. The Morgan fingerprint density at radius 3 is 2.69 bits per heavy atom. The van der Waals surface area contributed by atoms with Gasteiger partial charge in [0.25, 0.3) is 11.8 Å². The number of benzene rings is 1. The monoisotopic (exact) mass is 434 g/mol. The highest BCUT2D eigenvalue weighted by molar-refractivity contribution is 7.89. The van der Waals surface area contributed by atoms with Gasteiger partial charge in [0.05, 0.1) is 4.90 Å². The molecule has 0 spiro atoms. The van der Waals surface area contributed by atoms with Gasteiger partial charge in [-0.05, 0) is 55.6 Å². The summed E-state index contributed by atoms with van der Waals surface area (Å²) in [5.41, 5.74) is 0.690. The van der Waals surface area contributed by atoms with Gasteiger partial charge in [-0.15, -0.1) is 10.2 Å². The van der Waals surface area contributed by atoms with Crippen molar-refractivity contribution in [1.29, 1.82) is 0 Å². The van der Waals surface area contributed by atoms with E-state index in [9.17, 15) is 13.2 Å². The van der Waals surface area contributed by atoms with Crippen molar-refractivity contribution in [2.24, 2.45) is 0 Å². The lowest BCUT2D eigenvalue weighted by atomic mass is 10.1. The minimum atomic E-state index is -3.59. The van der Waals surface area contributed by atoms with Crippen LogP contribution in [0.15, 0.2) is 39.0 Å². The van der Waals surface area contributed by atoms with E-state index in [1.54, 1.807) is 5.38 Å². The molecule has 4 rings (SSSR count). The lowest BCUT2D eigenvalue weighted by molar-refractivity contribution is 0.102. The summed E-state index contributed by atoms with van der Waals surface area (Å²) in [6.07, 6.45) is 2.73. The second-order valence-corrected chi connectivity index (χ2v) is 9.14. The van der Waals surface area contributed by atoms with Crippen LogP contribution in [0.2, 0.25) is 0 Å². The van der Waals surface area contributed by atoms with E-state index in [1.807, 2.05) is 6.92 Å². The van der Waals surface area contributed by atoms with Crippen LogP contribution in [0.5, 0.6) is 0 Å². The summed E-state index contributed by atoms with van der Waals surface area (Å²) in [6.45, 7) is 2.43. The zero-order chi connectivity index (χ0) is 20.4. The third-order valence-electron chi connectivity index (χ3n) is 4.69. The Morgan fingerprint density at radius 2 is 2.00 bits per heavy atom. The Kier molecular flexibility index (Phi) is 5.39. The number of carbonyl (C=O) groups is 1. The zero-order valence-electron chi connectivity index (χ0n) is 15.5. The van der Waals surface area contributed by atoms with E-state index in [0.29, 0.717) is 12.2 Å². The van der Waals surface area contributed by atoms with E-state index in [0.717, 1.165) is 30.8 Å². The molecule has 1 aliphatic heterocycles. The molecule has 1 fully saturated rings. The molecule has 0 bridgehead atoms. The van der Waals surface area contributed by atoms with E-state index < -0.39 is 15.9 Å². The van der Waals surface area contributed by atoms with Crippen molar-refractivity contribution in [2.45, 2.75) is 37.1 Å². The molecule has 29 heavy (non-hydrogen) atoms. The van der Waals surface area contributed by atoms with E-state index in [4.69, 9.17) is 4.42 Å². The summed E-state index contributed by atoms with van der Waals surface area (Å²) in [4.78, 5) is 12.6. The summed E-state index contributed by atoms with van der Waals surface area (Å²) in [7, 11) is -3.59. The first-order valence-corrected chi connectivity index (χ1v) is 11.3. The number of anilines is 1. The van der Waals surface area contributed by atoms with Crippen LogP contribution < -0.4 is 5.32 Å². The lowest BCUT2D eigenvalue weighted by Gasteiger charge is -2.32.